The van der Waals surface area contributed by atoms with Gasteiger partial charge >= 0.3 is 6.09 Å². The SMILES string of the molecule is CC(C)(C)C1c2ccc(F)cc2C(=O)N1C(=O)O. The van der Waals surface area contributed by atoms with Crippen LogP contribution in [0.4, 0.5) is 9.18 Å². The van der Waals surface area contributed by atoms with Gasteiger partial charge < -0.3 is 5.11 Å². The van der Waals surface area contributed by atoms with Gasteiger partial charge in [0.2, 0.25) is 0 Å². The zero-order valence-electron chi connectivity index (χ0n) is 10.4. The highest BCUT2D eigenvalue weighted by Crippen LogP contribution is 2.44. The molecule has 0 saturated carbocycles. The molecule has 5 heteroatoms. The Bertz CT molecular complexity index is 534. The molecule has 0 spiro atoms. The number of benzene rings is 1. The van der Waals surface area contributed by atoms with Crippen LogP contribution in [-0.4, -0.2) is 22.0 Å². The standard InChI is InChI=1S/C13H14FNO3/c1-13(2,3)10-8-5-4-7(14)6-9(8)11(16)15(10)12(17)18/h4-6,10H,1-3H3,(H,17,18). The number of carbonyl (C=O) groups is 2. The van der Waals surface area contributed by atoms with Gasteiger partial charge in [-0.15, -0.1) is 0 Å². The van der Waals surface area contributed by atoms with E-state index < -0.39 is 29.3 Å². The van der Waals surface area contributed by atoms with E-state index in [-0.39, 0.29) is 5.56 Å². The maximum Gasteiger partial charge on any atom is 0.414 e. The fourth-order valence-electron chi connectivity index (χ4n) is 2.39. The number of imide groups is 1. The number of carboxylic acid groups (broad SMARTS) is 1. The van der Waals surface area contributed by atoms with Gasteiger partial charge in [0.1, 0.15) is 5.82 Å². The van der Waals surface area contributed by atoms with Crippen LogP contribution in [0.3, 0.4) is 0 Å². The van der Waals surface area contributed by atoms with Crippen molar-refractivity contribution in [2.45, 2.75) is 26.8 Å². The highest BCUT2D eigenvalue weighted by atomic mass is 19.1. The Morgan fingerprint density at radius 3 is 2.50 bits per heavy atom. The van der Waals surface area contributed by atoms with Crippen molar-refractivity contribution in [2.24, 2.45) is 5.41 Å². The normalized spacial score (nSPS) is 19.0. The van der Waals surface area contributed by atoms with E-state index >= 15 is 0 Å². The minimum atomic E-state index is -1.31. The molecule has 1 aliphatic heterocycles. The van der Waals surface area contributed by atoms with Gasteiger partial charge in [-0.1, -0.05) is 26.8 Å². The molecule has 1 aromatic carbocycles. The number of rotatable bonds is 0. The van der Waals surface area contributed by atoms with Crippen LogP contribution in [0.15, 0.2) is 18.2 Å². The fraction of sp³-hybridized carbons (Fsp3) is 0.385. The maximum atomic E-state index is 13.2. The van der Waals surface area contributed by atoms with E-state index in [0.29, 0.717) is 5.56 Å². The summed E-state index contributed by atoms with van der Waals surface area (Å²) in [5.74, 6) is -1.20. The van der Waals surface area contributed by atoms with Crippen molar-refractivity contribution in [3.8, 4) is 0 Å². The number of carbonyl (C=O) groups excluding carboxylic acids is 1. The van der Waals surface area contributed by atoms with Crippen molar-refractivity contribution in [3.63, 3.8) is 0 Å². The summed E-state index contributed by atoms with van der Waals surface area (Å²) in [6.07, 6.45) is -1.31. The van der Waals surface area contributed by atoms with Gasteiger partial charge in [0.25, 0.3) is 5.91 Å². The molecule has 2 amide bonds. The zero-order chi connectivity index (χ0) is 13.7. The van der Waals surface area contributed by atoms with Gasteiger partial charge in [-0.3, -0.25) is 4.79 Å². The third-order valence-corrected chi connectivity index (χ3v) is 3.04. The highest BCUT2D eigenvalue weighted by Gasteiger charge is 2.46. The first-order chi connectivity index (χ1) is 8.23. The molecule has 4 nitrogen and oxygen atoms in total. The summed E-state index contributed by atoms with van der Waals surface area (Å²) in [6, 6.07) is 3.25. The van der Waals surface area contributed by atoms with Crippen LogP contribution in [0.5, 0.6) is 0 Å². The van der Waals surface area contributed by atoms with E-state index in [0.717, 1.165) is 11.0 Å². The number of nitrogens with zero attached hydrogens (tertiary/aromatic N) is 1. The average Bonchev–Trinajstić information content (AvgIpc) is 2.51. The second-order valence-electron chi connectivity index (χ2n) is 5.46. The van der Waals surface area contributed by atoms with Crippen molar-refractivity contribution in [3.05, 3.63) is 35.1 Å². The molecule has 2 rings (SSSR count). The molecule has 0 bridgehead atoms. The van der Waals surface area contributed by atoms with Gasteiger partial charge in [-0.05, 0) is 23.1 Å². The Morgan fingerprint density at radius 2 is 2.00 bits per heavy atom. The van der Waals surface area contributed by atoms with Gasteiger partial charge in [0.15, 0.2) is 0 Å². The van der Waals surface area contributed by atoms with Crippen LogP contribution in [-0.2, 0) is 0 Å². The number of hydrogen-bond donors (Lipinski definition) is 1. The molecule has 96 valence electrons. The largest absolute Gasteiger partial charge is 0.465 e. The molecule has 18 heavy (non-hydrogen) atoms. The van der Waals surface area contributed by atoms with Crippen molar-refractivity contribution in [1.82, 2.24) is 4.90 Å². The van der Waals surface area contributed by atoms with Gasteiger partial charge in [-0.2, -0.15) is 0 Å². The summed E-state index contributed by atoms with van der Waals surface area (Å²) in [5.41, 5.74) is 0.255. The van der Waals surface area contributed by atoms with Crippen molar-refractivity contribution in [1.29, 1.82) is 0 Å². The Balaban J connectivity index is 2.64. The lowest BCUT2D eigenvalue weighted by Gasteiger charge is -2.32. The maximum absolute atomic E-state index is 13.2. The Morgan fingerprint density at radius 1 is 1.39 bits per heavy atom. The molecular formula is C13H14FNO3. The van der Waals surface area contributed by atoms with Crippen molar-refractivity contribution >= 4 is 12.0 Å². The highest BCUT2D eigenvalue weighted by molar-refractivity contribution is 6.07. The van der Waals surface area contributed by atoms with Crippen LogP contribution in [0.2, 0.25) is 0 Å². The average molecular weight is 251 g/mol. The minimum Gasteiger partial charge on any atom is -0.465 e. The smallest absolute Gasteiger partial charge is 0.414 e. The summed E-state index contributed by atoms with van der Waals surface area (Å²) in [4.78, 5) is 24.0. The summed E-state index contributed by atoms with van der Waals surface area (Å²) < 4.78 is 13.2. The molecule has 1 aromatic rings. The first-order valence-corrected chi connectivity index (χ1v) is 5.59. The van der Waals surface area contributed by atoms with Gasteiger partial charge in [0, 0.05) is 5.56 Å². The van der Waals surface area contributed by atoms with E-state index in [1.54, 1.807) is 0 Å². The van der Waals surface area contributed by atoms with E-state index in [2.05, 4.69) is 0 Å². The van der Waals surface area contributed by atoms with Gasteiger partial charge in [0.05, 0.1) is 6.04 Å². The Hall–Kier alpha value is -1.91. The molecule has 1 aliphatic rings. The van der Waals surface area contributed by atoms with Gasteiger partial charge in [-0.25, -0.2) is 14.1 Å². The second-order valence-corrected chi connectivity index (χ2v) is 5.46. The number of halogens is 1. The first kappa shape index (κ1) is 12.5. The molecule has 0 saturated heterocycles. The summed E-state index contributed by atoms with van der Waals surface area (Å²) in [7, 11) is 0. The van der Waals surface area contributed by atoms with Crippen LogP contribution in [0.1, 0.15) is 42.7 Å². The third-order valence-electron chi connectivity index (χ3n) is 3.04. The van der Waals surface area contributed by atoms with Crippen molar-refractivity contribution < 1.29 is 19.1 Å². The van der Waals surface area contributed by atoms with E-state index in [1.165, 1.54) is 12.1 Å². The van der Waals surface area contributed by atoms with E-state index in [1.807, 2.05) is 20.8 Å². The minimum absolute atomic E-state index is 0.136. The molecule has 1 heterocycles. The predicted molar refractivity (Wildman–Crippen MR) is 62.8 cm³/mol. The molecule has 0 radical (unpaired) electrons. The molecule has 0 fully saturated rings. The quantitative estimate of drug-likeness (QED) is 0.771. The Labute approximate surface area is 104 Å². The molecule has 0 aliphatic carbocycles. The monoisotopic (exact) mass is 251 g/mol. The van der Waals surface area contributed by atoms with Crippen molar-refractivity contribution in [2.75, 3.05) is 0 Å². The molecular weight excluding hydrogens is 237 g/mol. The molecule has 1 unspecified atom stereocenters. The summed E-state index contributed by atoms with van der Waals surface area (Å²) >= 11 is 0. The molecule has 1 N–H and O–H groups in total. The Kier molecular flexibility index (Phi) is 2.65. The number of amides is 2. The number of hydrogen-bond acceptors (Lipinski definition) is 2. The lowest BCUT2D eigenvalue weighted by atomic mass is 9.82. The first-order valence-electron chi connectivity index (χ1n) is 5.59. The van der Waals surface area contributed by atoms with Crippen LogP contribution in [0.25, 0.3) is 0 Å². The molecule has 0 aromatic heterocycles. The topological polar surface area (TPSA) is 57.6 Å². The third kappa shape index (κ3) is 1.75. The summed E-state index contributed by atoms with van der Waals surface area (Å²) in [6.45, 7) is 5.54. The fourth-order valence-corrected chi connectivity index (χ4v) is 2.39. The zero-order valence-corrected chi connectivity index (χ0v) is 10.4. The number of fused-ring (bicyclic) bond motifs is 1. The van der Waals surface area contributed by atoms with E-state index in [4.69, 9.17) is 0 Å². The lowest BCUT2D eigenvalue weighted by Crippen LogP contribution is -2.38. The predicted octanol–water partition coefficient (Wildman–Crippen LogP) is 3.05. The second kappa shape index (κ2) is 3.80. The molecule has 1 atom stereocenters. The van der Waals surface area contributed by atoms with E-state index in [9.17, 15) is 19.1 Å². The van der Waals surface area contributed by atoms with Crippen LogP contribution >= 0.6 is 0 Å². The summed E-state index contributed by atoms with van der Waals surface area (Å²) in [5, 5.41) is 9.17. The van der Waals surface area contributed by atoms with Crippen LogP contribution in [0, 0.1) is 11.2 Å². The lowest BCUT2D eigenvalue weighted by molar-refractivity contribution is 0.0583. The van der Waals surface area contributed by atoms with Crippen LogP contribution < -0.4 is 0 Å².